The monoisotopic (exact) mass is 282 g/mol. The quantitative estimate of drug-likeness (QED) is 0.899. The van der Waals surface area contributed by atoms with E-state index in [1.807, 2.05) is 25.1 Å². The van der Waals surface area contributed by atoms with Crippen LogP contribution < -0.4 is 0 Å². The predicted octanol–water partition coefficient (Wildman–Crippen LogP) is 3.65. The van der Waals surface area contributed by atoms with Gasteiger partial charge in [-0.05, 0) is 37.0 Å². The maximum atomic E-state index is 11.5. The first-order chi connectivity index (χ1) is 7.56. The van der Waals surface area contributed by atoms with Crippen molar-refractivity contribution in [2.75, 3.05) is 0 Å². The topological polar surface area (TPSA) is 37.3 Å². The molecule has 1 aromatic rings. The van der Waals surface area contributed by atoms with Gasteiger partial charge in [0.15, 0.2) is 0 Å². The number of hydrogen-bond acceptors (Lipinski definition) is 1. The van der Waals surface area contributed by atoms with Crippen LogP contribution in [0.5, 0.6) is 0 Å². The van der Waals surface area contributed by atoms with Crippen molar-refractivity contribution in [1.82, 2.24) is 0 Å². The van der Waals surface area contributed by atoms with Gasteiger partial charge in [-0.2, -0.15) is 0 Å². The standard InChI is InChI=1S/C13H15BrO2/c1-9-8-10(4-5-11(9)14)13(12(15)16)6-2-3-7-13/h4-5,8H,2-3,6-7H2,1H3,(H,15,16). The SMILES string of the molecule is Cc1cc(C2(C(=O)O)CCCC2)ccc1Br. The van der Waals surface area contributed by atoms with Crippen LogP contribution in [-0.2, 0) is 10.2 Å². The van der Waals surface area contributed by atoms with E-state index in [-0.39, 0.29) is 0 Å². The van der Waals surface area contributed by atoms with Crippen molar-refractivity contribution in [3.8, 4) is 0 Å². The molecule has 3 heteroatoms. The Morgan fingerprint density at radius 3 is 2.50 bits per heavy atom. The maximum absolute atomic E-state index is 11.5. The Hall–Kier alpha value is -0.830. The minimum Gasteiger partial charge on any atom is -0.481 e. The molecule has 0 unspecified atom stereocenters. The van der Waals surface area contributed by atoms with Crippen molar-refractivity contribution < 1.29 is 9.90 Å². The number of carboxylic acids is 1. The summed E-state index contributed by atoms with van der Waals surface area (Å²) in [5.74, 6) is -0.674. The molecular formula is C13H15BrO2. The molecule has 0 spiro atoms. The largest absolute Gasteiger partial charge is 0.481 e. The minimum atomic E-state index is -0.674. The maximum Gasteiger partial charge on any atom is 0.314 e. The molecule has 1 aliphatic carbocycles. The van der Waals surface area contributed by atoms with Crippen molar-refractivity contribution in [2.45, 2.75) is 38.0 Å². The first kappa shape index (κ1) is 11.6. The fourth-order valence-corrected chi connectivity index (χ4v) is 2.79. The number of rotatable bonds is 2. The van der Waals surface area contributed by atoms with Crippen LogP contribution in [0.1, 0.15) is 36.8 Å². The normalized spacial score (nSPS) is 18.6. The molecular weight excluding hydrogens is 268 g/mol. The number of aliphatic carboxylic acids is 1. The molecule has 0 radical (unpaired) electrons. The van der Waals surface area contributed by atoms with Crippen molar-refractivity contribution in [3.63, 3.8) is 0 Å². The van der Waals surface area contributed by atoms with Crippen LogP contribution in [0.4, 0.5) is 0 Å². The zero-order valence-corrected chi connectivity index (χ0v) is 10.9. The molecule has 0 bridgehead atoms. The van der Waals surface area contributed by atoms with Crippen LogP contribution in [0.15, 0.2) is 22.7 Å². The molecule has 1 aliphatic rings. The molecule has 1 N–H and O–H groups in total. The molecule has 1 saturated carbocycles. The van der Waals surface area contributed by atoms with Gasteiger partial charge in [0.05, 0.1) is 5.41 Å². The van der Waals surface area contributed by atoms with Crippen LogP contribution in [0, 0.1) is 6.92 Å². The van der Waals surface area contributed by atoms with Gasteiger partial charge in [0.2, 0.25) is 0 Å². The van der Waals surface area contributed by atoms with E-state index in [1.54, 1.807) is 0 Å². The van der Waals surface area contributed by atoms with Gasteiger partial charge in [0, 0.05) is 4.47 Å². The molecule has 0 atom stereocenters. The summed E-state index contributed by atoms with van der Waals surface area (Å²) in [6.07, 6.45) is 3.57. The molecule has 86 valence electrons. The van der Waals surface area contributed by atoms with Gasteiger partial charge in [-0.15, -0.1) is 0 Å². The van der Waals surface area contributed by atoms with Gasteiger partial charge in [0.1, 0.15) is 0 Å². The summed E-state index contributed by atoms with van der Waals surface area (Å²) in [7, 11) is 0. The summed E-state index contributed by atoms with van der Waals surface area (Å²) < 4.78 is 1.04. The van der Waals surface area contributed by atoms with Gasteiger partial charge in [-0.1, -0.05) is 40.9 Å². The second kappa shape index (κ2) is 4.21. The first-order valence-corrected chi connectivity index (χ1v) is 6.35. The second-order valence-corrected chi connectivity index (χ2v) is 5.41. The molecule has 2 rings (SSSR count). The van der Waals surface area contributed by atoms with Gasteiger partial charge in [-0.25, -0.2) is 0 Å². The van der Waals surface area contributed by atoms with Crippen LogP contribution in [0.3, 0.4) is 0 Å². The van der Waals surface area contributed by atoms with Crippen molar-refractivity contribution in [2.24, 2.45) is 0 Å². The third-order valence-electron chi connectivity index (χ3n) is 3.58. The van der Waals surface area contributed by atoms with Gasteiger partial charge in [0.25, 0.3) is 0 Å². The Morgan fingerprint density at radius 2 is 2.00 bits per heavy atom. The molecule has 0 amide bonds. The Balaban J connectivity index is 2.47. The molecule has 0 aromatic heterocycles. The van der Waals surface area contributed by atoms with E-state index in [0.29, 0.717) is 0 Å². The van der Waals surface area contributed by atoms with E-state index in [2.05, 4.69) is 15.9 Å². The van der Waals surface area contributed by atoms with Gasteiger partial charge in [-0.3, -0.25) is 4.79 Å². The molecule has 16 heavy (non-hydrogen) atoms. The van der Waals surface area contributed by atoms with Crippen molar-refractivity contribution in [1.29, 1.82) is 0 Å². The summed E-state index contributed by atoms with van der Waals surface area (Å²) in [5.41, 5.74) is 1.43. The van der Waals surface area contributed by atoms with Crippen LogP contribution in [0.25, 0.3) is 0 Å². The third kappa shape index (κ3) is 1.77. The number of halogens is 1. The van der Waals surface area contributed by atoms with Crippen molar-refractivity contribution >= 4 is 21.9 Å². The highest BCUT2D eigenvalue weighted by atomic mass is 79.9. The molecule has 0 heterocycles. The fourth-order valence-electron chi connectivity index (χ4n) is 2.55. The zero-order chi connectivity index (χ0) is 11.8. The smallest absolute Gasteiger partial charge is 0.314 e. The summed E-state index contributed by atoms with van der Waals surface area (Å²) in [4.78, 5) is 11.5. The average molecular weight is 283 g/mol. The number of carboxylic acid groups (broad SMARTS) is 1. The molecule has 0 aliphatic heterocycles. The van der Waals surface area contributed by atoms with Crippen LogP contribution in [-0.4, -0.2) is 11.1 Å². The highest BCUT2D eigenvalue weighted by molar-refractivity contribution is 9.10. The Bertz CT molecular complexity index is 420. The van der Waals surface area contributed by atoms with E-state index in [0.717, 1.165) is 41.3 Å². The second-order valence-electron chi connectivity index (χ2n) is 4.56. The van der Waals surface area contributed by atoms with E-state index in [9.17, 15) is 9.90 Å². The Kier molecular flexibility index (Phi) is 3.06. The lowest BCUT2D eigenvalue weighted by atomic mass is 9.78. The van der Waals surface area contributed by atoms with Crippen LogP contribution >= 0.6 is 15.9 Å². The van der Waals surface area contributed by atoms with E-state index >= 15 is 0 Å². The van der Waals surface area contributed by atoms with E-state index in [1.165, 1.54) is 0 Å². The summed E-state index contributed by atoms with van der Waals surface area (Å²) in [6.45, 7) is 2.00. The Morgan fingerprint density at radius 1 is 1.38 bits per heavy atom. The summed E-state index contributed by atoms with van der Waals surface area (Å²) >= 11 is 3.45. The first-order valence-electron chi connectivity index (χ1n) is 5.56. The molecule has 2 nitrogen and oxygen atoms in total. The Labute approximate surface area is 104 Å². The highest BCUT2D eigenvalue weighted by Crippen LogP contribution is 2.42. The number of benzene rings is 1. The summed E-state index contributed by atoms with van der Waals surface area (Å²) in [5, 5.41) is 9.47. The zero-order valence-electron chi connectivity index (χ0n) is 9.29. The predicted molar refractivity (Wildman–Crippen MR) is 66.7 cm³/mol. The van der Waals surface area contributed by atoms with Gasteiger partial charge >= 0.3 is 5.97 Å². The van der Waals surface area contributed by atoms with Crippen molar-refractivity contribution in [3.05, 3.63) is 33.8 Å². The molecule has 1 fully saturated rings. The lowest BCUT2D eigenvalue weighted by Crippen LogP contribution is -2.32. The molecule has 0 saturated heterocycles. The summed E-state index contributed by atoms with van der Waals surface area (Å²) in [6, 6.07) is 5.90. The lowest BCUT2D eigenvalue weighted by molar-refractivity contribution is -0.143. The van der Waals surface area contributed by atoms with Gasteiger partial charge < -0.3 is 5.11 Å². The number of carbonyl (C=O) groups is 1. The number of aryl methyl sites for hydroxylation is 1. The molecule has 1 aromatic carbocycles. The van der Waals surface area contributed by atoms with Crippen LogP contribution in [0.2, 0.25) is 0 Å². The average Bonchev–Trinajstić information content (AvgIpc) is 2.72. The van der Waals surface area contributed by atoms with E-state index in [4.69, 9.17) is 0 Å². The van der Waals surface area contributed by atoms with E-state index < -0.39 is 11.4 Å². The lowest BCUT2D eigenvalue weighted by Gasteiger charge is -2.24. The highest BCUT2D eigenvalue weighted by Gasteiger charge is 2.42. The number of hydrogen-bond donors (Lipinski definition) is 1. The third-order valence-corrected chi connectivity index (χ3v) is 4.47. The minimum absolute atomic E-state index is 0.633. The fraction of sp³-hybridized carbons (Fsp3) is 0.462.